The third kappa shape index (κ3) is 40.9. The van der Waals surface area contributed by atoms with Gasteiger partial charge in [-0.1, -0.05) is 167 Å². The molecule has 15 unspecified atom stereocenters. The molecule has 0 saturated heterocycles. The number of rotatable bonds is 43. The summed E-state index contributed by atoms with van der Waals surface area (Å²) < 4.78 is 0. The highest BCUT2D eigenvalue weighted by molar-refractivity contribution is 6.03. The Kier molecular flexibility index (Phi) is 45.8. The van der Waals surface area contributed by atoms with Gasteiger partial charge in [0.25, 0.3) is 0 Å². The van der Waals surface area contributed by atoms with E-state index in [1.54, 1.807) is 50.3 Å². The normalized spacial score (nSPS) is 19.5. The van der Waals surface area contributed by atoms with Gasteiger partial charge in [0.2, 0.25) is 5.91 Å². The number of aliphatic hydroxyl groups excluding tert-OH is 13. The number of allylic oxidation sites excluding steroid dienone is 19. The van der Waals surface area contributed by atoms with Gasteiger partial charge in [0, 0.05) is 55.9 Å². The van der Waals surface area contributed by atoms with Crippen molar-refractivity contribution >= 4 is 17.5 Å². The van der Waals surface area contributed by atoms with Crippen LogP contribution in [0.5, 0.6) is 0 Å². The standard InChI is InChI=1S/C35H45NO5.C31H59NO11/c1-4-5-6-7-8-11-15-18-21-24-30(37)29(3)35(41)28(2)23-20-17-14-12-9-10-13-16-19-22-25-33(40)36-34-31(38)26-27-32(34)39;1-3-30(42)20(2)31(43)19-29(41)18-28(40)16-24(36)10-5-9-23(35)15-27(39)17-26(38)14-22(34)8-4-7-21(33)13-25(37)11-6-12-32/h4-13,15-16,18-25,28-30,35,37-38,41H,14,17,26-27H2,1-3H3,(H,36,40);4-5,8,10,20-30,33-42H,3,6-7,9,11-19,32H2,1-2H3/b5-4+,7-6+,11-8+,12-9+,13-10+,18-15+,19-16+,23-20+,24-21+,25-22+;8-4+,10-5+. The number of aliphatic hydroxyl groups is 13. The van der Waals surface area contributed by atoms with Crippen molar-refractivity contribution in [3.63, 3.8) is 0 Å². The zero-order valence-corrected chi connectivity index (χ0v) is 50.2. The molecule has 18 nitrogen and oxygen atoms in total. The molecule has 15 atom stereocenters. The van der Waals surface area contributed by atoms with E-state index in [2.05, 4.69) is 5.32 Å². The molecule has 16 N–H and O–H groups in total. The molecular weight excluding hydrogens is 1080 g/mol. The summed E-state index contributed by atoms with van der Waals surface area (Å²) in [4.78, 5) is 35.4. The summed E-state index contributed by atoms with van der Waals surface area (Å²) in [7, 11) is 0. The van der Waals surface area contributed by atoms with E-state index in [1.807, 2.05) is 106 Å². The van der Waals surface area contributed by atoms with Gasteiger partial charge in [-0.25, -0.2) is 0 Å². The highest BCUT2D eigenvalue weighted by Crippen LogP contribution is 2.21. The van der Waals surface area contributed by atoms with Crippen LogP contribution in [0.2, 0.25) is 0 Å². The molecule has 84 heavy (non-hydrogen) atoms. The Morgan fingerprint density at radius 1 is 0.560 bits per heavy atom. The van der Waals surface area contributed by atoms with Crippen LogP contribution in [0, 0.1) is 17.8 Å². The topological polar surface area (TPSA) is 352 Å². The molecule has 1 aliphatic carbocycles. The summed E-state index contributed by atoms with van der Waals surface area (Å²) in [6.45, 7) is 9.56. The van der Waals surface area contributed by atoms with E-state index in [9.17, 15) is 80.8 Å². The predicted molar refractivity (Wildman–Crippen MR) is 331 cm³/mol. The zero-order chi connectivity index (χ0) is 63.2. The molecule has 1 rings (SSSR count). The number of carbonyl (C=O) groups is 3. The number of nitrogens with one attached hydrogen (secondary N) is 1. The molecular formula is C66H104N2O16. The van der Waals surface area contributed by atoms with Crippen molar-refractivity contribution in [3.05, 3.63) is 157 Å². The van der Waals surface area contributed by atoms with Gasteiger partial charge in [-0.05, 0) is 84.1 Å². The first kappa shape index (κ1) is 78.7. The highest BCUT2D eigenvalue weighted by Gasteiger charge is 2.27. The first-order valence-electron chi connectivity index (χ1n) is 29.6. The summed E-state index contributed by atoms with van der Waals surface area (Å²) in [6, 6.07) is 0. The maximum atomic E-state index is 12.1. The maximum absolute atomic E-state index is 12.1. The monoisotopic (exact) mass is 1180 g/mol. The second-order valence-electron chi connectivity index (χ2n) is 21.4. The third-order valence-corrected chi connectivity index (χ3v) is 13.6. The summed E-state index contributed by atoms with van der Waals surface area (Å²) >= 11 is 0. The van der Waals surface area contributed by atoms with Crippen molar-refractivity contribution in [2.45, 2.75) is 211 Å². The van der Waals surface area contributed by atoms with Crippen LogP contribution >= 0.6 is 0 Å². The lowest BCUT2D eigenvalue weighted by Crippen LogP contribution is -2.32. The number of hydrogen-bond acceptors (Lipinski definition) is 17. The molecule has 0 spiro atoms. The van der Waals surface area contributed by atoms with Gasteiger partial charge in [0.15, 0.2) is 5.78 Å². The molecule has 1 amide bonds. The molecule has 0 radical (unpaired) electrons. The minimum absolute atomic E-state index is 0.00676. The molecule has 0 aromatic carbocycles. The van der Waals surface area contributed by atoms with Crippen LogP contribution in [-0.2, 0) is 14.4 Å². The molecule has 0 heterocycles. The van der Waals surface area contributed by atoms with Crippen molar-refractivity contribution in [2.75, 3.05) is 6.54 Å². The SMILES string of the molecule is C/C=C/C=C/C=C/C=C/C=C/C(O)C(C)C(O)C(C)/C=C/CC/C=C/C=C/C=C/C=C/C(=O)NC1=C(O)CCC1=O.CCC(O)C(C)C(=O)CC(O)CC(O)CC(O)/C=C/CC(O)CC(O)CC(O)CC(O)/C=C/CC(O)CC(O)CCCN. The molecule has 0 aromatic rings. The first-order valence-corrected chi connectivity index (χ1v) is 29.6. The zero-order valence-electron chi connectivity index (χ0n) is 50.2. The highest BCUT2D eigenvalue weighted by atomic mass is 16.3. The predicted octanol–water partition coefficient (Wildman–Crippen LogP) is 6.16. The quantitative estimate of drug-likeness (QED) is 0.0141. The fourth-order valence-electron chi connectivity index (χ4n) is 8.45. The fourth-order valence-corrected chi connectivity index (χ4v) is 8.45. The Balaban J connectivity index is 0.00000164. The molecule has 18 heteroatoms. The number of Topliss-reactive ketones (excluding diaryl/α,β-unsaturated/α-hetero) is 2. The third-order valence-electron chi connectivity index (χ3n) is 13.6. The van der Waals surface area contributed by atoms with E-state index in [4.69, 9.17) is 5.73 Å². The molecule has 0 bridgehead atoms. The fraction of sp³-hybridized carbons (Fsp3) is 0.561. The average molecular weight is 1180 g/mol. The van der Waals surface area contributed by atoms with Crippen molar-refractivity contribution < 1.29 is 80.8 Å². The van der Waals surface area contributed by atoms with Crippen molar-refractivity contribution in [1.29, 1.82) is 0 Å². The van der Waals surface area contributed by atoms with E-state index >= 15 is 0 Å². The molecule has 474 valence electrons. The van der Waals surface area contributed by atoms with Crippen LogP contribution in [0.3, 0.4) is 0 Å². The maximum Gasteiger partial charge on any atom is 0.248 e. The lowest BCUT2D eigenvalue weighted by Gasteiger charge is -2.25. The number of amides is 1. The van der Waals surface area contributed by atoms with E-state index in [0.717, 1.165) is 12.8 Å². The summed E-state index contributed by atoms with van der Waals surface area (Å²) in [5, 5.41) is 133. The molecule has 0 aliphatic heterocycles. The Hall–Kier alpha value is -5.29. The van der Waals surface area contributed by atoms with Crippen molar-refractivity contribution in [2.24, 2.45) is 23.5 Å². The van der Waals surface area contributed by atoms with Crippen LogP contribution in [-0.4, -0.2) is 164 Å². The smallest absolute Gasteiger partial charge is 0.248 e. The Labute approximate surface area is 499 Å². The molecule has 0 aromatic heterocycles. The van der Waals surface area contributed by atoms with E-state index in [-0.39, 0.29) is 105 Å². The molecule has 0 fully saturated rings. The minimum atomic E-state index is -1.11. The van der Waals surface area contributed by atoms with Gasteiger partial charge in [-0.2, -0.15) is 0 Å². The minimum Gasteiger partial charge on any atom is -0.510 e. The summed E-state index contributed by atoms with van der Waals surface area (Å²) in [6.07, 6.45) is 35.6. The van der Waals surface area contributed by atoms with E-state index in [1.165, 1.54) is 24.3 Å². The van der Waals surface area contributed by atoms with Crippen LogP contribution in [0.15, 0.2) is 157 Å². The number of carbonyl (C=O) groups excluding carboxylic acids is 3. The van der Waals surface area contributed by atoms with Crippen LogP contribution in [0.1, 0.15) is 137 Å². The summed E-state index contributed by atoms with van der Waals surface area (Å²) in [5.74, 6) is -2.09. The second-order valence-corrected chi connectivity index (χ2v) is 21.4. The Morgan fingerprint density at radius 2 is 1.05 bits per heavy atom. The average Bonchev–Trinajstić information content (AvgIpc) is 3.89. The van der Waals surface area contributed by atoms with Crippen LogP contribution < -0.4 is 11.1 Å². The Morgan fingerprint density at radius 3 is 1.58 bits per heavy atom. The number of ketones is 2. The summed E-state index contributed by atoms with van der Waals surface area (Å²) in [5.41, 5.74) is 5.39. The second kappa shape index (κ2) is 48.9. The van der Waals surface area contributed by atoms with Gasteiger partial charge >= 0.3 is 0 Å². The number of unbranched alkanes of at least 4 members (excludes halogenated alkanes) is 1. The van der Waals surface area contributed by atoms with Crippen LogP contribution in [0.25, 0.3) is 0 Å². The van der Waals surface area contributed by atoms with Crippen LogP contribution in [0.4, 0.5) is 0 Å². The van der Waals surface area contributed by atoms with Gasteiger partial charge < -0.3 is 77.4 Å². The largest absolute Gasteiger partial charge is 0.510 e. The van der Waals surface area contributed by atoms with Gasteiger partial charge in [-0.3, -0.25) is 14.4 Å². The van der Waals surface area contributed by atoms with Crippen molar-refractivity contribution in [1.82, 2.24) is 5.32 Å². The van der Waals surface area contributed by atoms with Gasteiger partial charge in [0.05, 0.1) is 73.2 Å². The van der Waals surface area contributed by atoms with Crippen molar-refractivity contribution in [3.8, 4) is 0 Å². The van der Waals surface area contributed by atoms with E-state index in [0.29, 0.717) is 25.8 Å². The lowest BCUT2D eigenvalue weighted by molar-refractivity contribution is -0.128. The van der Waals surface area contributed by atoms with E-state index < -0.39 is 85.1 Å². The lowest BCUT2D eigenvalue weighted by atomic mass is 9.88. The molecule has 1 aliphatic rings. The number of nitrogens with two attached hydrogens (primary N) is 1. The Bertz CT molecular complexity index is 2210. The first-order chi connectivity index (χ1) is 39.9. The molecule has 0 saturated carbocycles. The van der Waals surface area contributed by atoms with Gasteiger partial charge in [0.1, 0.15) is 17.2 Å². The number of hydrogen-bond donors (Lipinski definition) is 15. The van der Waals surface area contributed by atoms with Gasteiger partial charge in [-0.15, -0.1) is 0 Å².